The number of likely N-dealkylation sites (N-methyl/N-ethyl adjacent to an activating group) is 1. The Morgan fingerprint density at radius 3 is 2.43 bits per heavy atom. The van der Waals surface area contributed by atoms with Gasteiger partial charge >= 0.3 is 0 Å². The summed E-state index contributed by atoms with van der Waals surface area (Å²) in [7, 11) is 2.12. The molecule has 5 nitrogen and oxygen atoms in total. The Labute approximate surface area is 83.5 Å². The molecule has 1 aliphatic rings. The molecule has 0 spiro atoms. The summed E-state index contributed by atoms with van der Waals surface area (Å²) in [5.74, 6) is 1.35. The second kappa shape index (κ2) is 3.79. The molecule has 1 saturated heterocycles. The highest BCUT2D eigenvalue weighted by molar-refractivity contribution is 5.57. The van der Waals surface area contributed by atoms with E-state index in [-0.39, 0.29) is 0 Å². The molecule has 0 aromatic carbocycles. The number of aromatic nitrogens is 2. The Morgan fingerprint density at radius 2 is 1.79 bits per heavy atom. The lowest BCUT2D eigenvalue weighted by Crippen LogP contribution is -2.45. The van der Waals surface area contributed by atoms with Crippen LogP contribution in [-0.2, 0) is 0 Å². The first kappa shape index (κ1) is 9.21. The van der Waals surface area contributed by atoms with Crippen LogP contribution in [0.1, 0.15) is 0 Å². The lowest BCUT2D eigenvalue weighted by molar-refractivity contribution is 0.312. The van der Waals surface area contributed by atoms with E-state index in [1.165, 1.54) is 0 Å². The van der Waals surface area contributed by atoms with E-state index >= 15 is 0 Å². The predicted molar refractivity (Wildman–Crippen MR) is 56.2 cm³/mol. The van der Waals surface area contributed by atoms with Crippen molar-refractivity contribution in [1.82, 2.24) is 14.9 Å². The first-order valence-electron chi connectivity index (χ1n) is 4.77. The minimum Gasteiger partial charge on any atom is -0.381 e. The molecular weight excluding hydrogens is 178 g/mol. The van der Waals surface area contributed by atoms with Crippen molar-refractivity contribution >= 4 is 11.6 Å². The van der Waals surface area contributed by atoms with Crippen molar-refractivity contribution in [2.45, 2.75) is 0 Å². The highest BCUT2D eigenvalue weighted by Crippen LogP contribution is 2.17. The molecule has 0 atom stereocenters. The van der Waals surface area contributed by atoms with Gasteiger partial charge in [-0.05, 0) is 7.05 Å². The van der Waals surface area contributed by atoms with Gasteiger partial charge in [0.25, 0.3) is 0 Å². The van der Waals surface area contributed by atoms with Gasteiger partial charge in [0.1, 0.15) is 0 Å². The lowest BCUT2D eigenvalue weighted by Gasteiger charge is -2.33. The van der Waals surface area contributed by atoms with Gasteiger partial charge in [0.15, 0.2) is 11.6 Å². The van der Waals surface area contributed by atoms with Crippen molar-refractivity contribution in [1.29, 1.82) is 0 Å². The zero-order chi connectivity index (χ0) is 9.97. The summed E-state index contributed by atoms with van der Waals surface area (Å²) in [6.45, 7) is 4.05. The third kappa shape index (κ3) is 1.77. The molecule has 1 aromatic heterocycles. The second-order valence-corrected chi connectivity index (χ2v) is 3.56. The van der Waals surface area contributed by atoms with Crippen LogP contribution < -0.4 is 10.6 Å². The quantitative estimate of drug-likeness (QED) is 0.670. The summed E-state index contributed by atoms with van der Waals surface area (Å²) in [6, 6.07) is 0. The van der Waals surface area contributed by atoms with Gasteiger partial charge in [-0.2, -0.15) is 0 Å². The topological polar surface area (TPSA) is 58.3 Å². The fourth-order valence-corrected chi connectivity index (χ4v) is 1.60. The van der Waals surface area contributed by atoms with Gasteiger partial charge in [0.2, 0.25) is 0 Å². The van der Waals surface area contributed by atoms with E-state index in [2.05, 4.69) is 26.8 Å². The van der Waals surface area contributed by atoms with Crippen LogP contribution in [0.15, 0.2) is 12.4 Å². The normalized spacial score (nSPS) is 18.5. The van der Waals surface area contributed by atoms with Gasteiger partial charge in [-0.15, -0.1) is 0 Å². The molecule has 1 aromatic rings. The van der Waals surface area contributed by atoms with Crippen molar-refractivity contribution in [3.63, 3.8) is 0 Å². The zero-order valence-corrected chi connectivity index (χ0v) is 8.35. The maximum absolute atomic E-state index is 5.76. The predicted octanol–water partition coefficient (Wildman–Crippen LogP) is -0.189. The smallest absolute Gasteiger partial charge is 0.171 e. The van der Waals surface area contributed by atoms with Crippen molar-refractivity contribution in [2.75, 3.05) is 43.9 Å². The monoisotopic (exact) mass is 193 g/mol. The summed E-state index contributed by atoms with van der Waals surface area (Å²) in [5, 5.41) is 0. The lowest BCUT2D eigenvalue weighted by atomic mass is 10.3. The van der Waals surface area contributed by atoms with Crippen LogP contribution in [0.2, 0.25) is 0 Å². The summed E-state index contributed by atoms with van der Waals surface area (Å²) in [4.78, 5) is 12.8. The molecule has 0 aliphatic carbocycles. The van der Waals surface area contributed by atoms with E-state index in [0.717, 1.165) is 32.0 Å². The fraction of sp³-hybridized carbons (Fsp3) is 0.556. The molecule has 2 N–H and O–H groups in total. The fourth-order valence-electron chi connectivity index (χ4n) is 1.60. The zero-order valence-electron chi connectivity index (χ0n) is 8.35. The summed E-state index contributed by atoms with van der Waals surface area (Å²) in [6.07, 6.45) is 3.30. The maximum Gasteiger partial charge on any atom is 0.171 e. The molecule has 0 bridgehead atoms. The highest BCUT2D eigenvalue weighted by atomic mass is 15.3. The third-order valence-electron chi connectivity index (χ3n) is 2.51. The van der Waals surface area contributed by atoms with Gasteiger partial charge < -0.3 is 15.5 Å². The number of nitrogens with zero attached hydrogens (tertiary/aromatic N) is 4. The SMILES string of the molecule is CN1CCN(c2nccnc2N)CC1. The molecule has 1 aliphatic heterocycles. The van der Waals surface area contributed by atoms with E-state index in [9.17, 15) is 0 Å². The summed E-state index contributed by atoms with van der Waals surface area (Å²) in [5.41, 5.74) is 5.76. The van der Waals surface area contributed by atoms with E-state index in [4.69, 9.17) is 5.73 Å². The van der Waals surface area contributed by atoms with Crippen LogP contribution in [-0.4, -0.2) is 48.1 Å². The van der Waals surface area contributed by atoms with Crippen LogP contribution in [0.25, 0.3) is 0 Å². The molecule has 0 unspecified atom stereocenters. The molecular formula is C9H15N5. The number of nitrogens with two attached hydrogens (primary N) is 1. The first-order valence-corrected chi connectivity index (χ1v) is 4.77. The number of rotatable bonds is 1. The summed E-state index contributed by atoms with van der Waals surface area (Å²) >= 11 is 0. The molecule has 2 heterocycles. The number of hydrogen-bond acceptors (Lipinski definition) is 5. The van der Waals surface area contributed by atoms with Gasteiger partial charge in [0.05, 0.1) is 0 Å². The van der Waals surface area contributed by atoms with Gasteiger partial charge in [-0.1, -0.05) is 0 Å². The van der Waals surface area contributed by atoms with Gasteiger partial charge in [-0.3, -0.25) is 0 Å². The van der Waals surface area contributed by atoms with Crippen LogP contribution in [0.3, 0.4) is 0 Å². The molecule has 1 fully saturated rings. The molecule has 76 valence electrons. The molecule has 2 rings (SSSR count). The van der Waals surface area contributed by atoms with E-state index in [1.807, 2.05) is 0 Å². The highest BCUT2D eigenvalue weighted by Gasteiger charge is 2.17. The van der Waals surface area contributed by atoms with E-state index in [1.54, 1.807) is 12.4 Å². The van der Waals surface area contributed by atoms with Crippen molar-refractivity contribution in [3.8, 4) is 0 Å². The Hall–Kier alpha value is -1.36. The average molecular weight is 193 g/mol. The number of piperazine rings is 1. The van der Waals surface area contributed by atoms with Gasteiger partial charge in [0, 0.05) is 38.6 Å². The molecule has 14 heavy (non-hydrogen) atoms. The van der Waals surface area contributed by atoms with E-state index in [0.29, 0.717) is 5.82 Å². The number of anilines is 2. The molecule has 5 heteroatoms. The van der Waals surface area contributed by atoms with Crippen molar-refractivity contribution in [2.24, 2.45) is 0 Å². The Bertz CT molecular complexity index is 306. The second-order valence-electron chi connectivity index (χ2n) is 3.56. The summed E-state index contributed by atoms with van der Waals surface area (Å²) < 4.78 is 0. The van der Waals surface area contributed by atoms with Crippen LogP contribution in [0.4, 0.5) is 11.6 Å². The maximum atomic E-state index is 5.76. The average Bonchev–Trinajstić information content (AvgIpc) is 2.20. The number of hydrogen-bond donors (Lipinski definition) is 1. The minimum atomic E-state index is 0.525. The Balaban J connectivity index is 2.12. The van der Waals surface area contributed by atoms with Crippen molar-refractivity contribution in [3.05, 3.63) is 12.4 Å². The van der Waals surface area contributed by atoms with Crippen LogP contribution >= 0.6 is 0 Å². The molecule has 0 radical (unpaired) electrons. The first-order chi connectivity index (χ1) is 6.77. The molecule has 0 saturated carbocycles. The Morgan fingerprint density at radius 1 is 1.14 bits per heavy atom. The minimum absolute atomic E-state index is 0.525. The van der Waals surface area contributed by atoms with E-state index < -0.39 is 0 Å². The third-order valence-corrected chi connectivity index (χ3v) is 2.51. The van der Waals surface area contributed by atoms with Crippen LogP contribution in [0, 0.1) is 0 Å². The van der Waals surface area contributed by atoms with Crippen molar-refractivity contribution < 1.29 is 0 Å². The number of nitrogen functional groups attached to an aromatic ring is 1. The van der Waals surface area contributed by atoms with Crippen LogP contribution in [0.5, 0.6) is 0 Å². The van der Waals surface area contributed by atoms with Gasteiger partial charge in [-0.25, -0.2) is 9.97 Å². The Kier molecular flexibility index (Phi) is 2.49. The largest absolute Gasteiger partial charge is 0.381 e. The molecule has 0 amide bonds. The standard InChI is InChI=1S/C9H15N5/c1-13-4-6-14(7-5-13)9-8(10)11-2-3-12-9/h2-3H,4-7H2,1H3,(H2,10,11).